The molecule has 0 heterocycles. The van der Waals surface area contributed by atoms with Gasteiger partial charge < -0.3 is 5.73 Å². The van der Waals surface area contributed by atoms with E-state index in [0.717, 1.165) is 42.8 Å². The number of allylic oxidation sites excluding steroid dienone is 4. The normalized spacial score (nSPS) is 18.7. The molecule has 0 bridgehead atoms. The van der Waals surface area contributed by atoms with Crippen molar-refractivity contribution >= 4 is 5.71 Å². The van der Waals surface area contributed by atoms with Crippen molar-refractivity contribution in [3.63, 3.8) is 0 Å². The van der Waals surface area contributed by atoms with Crippen molar-refractivity contribution in [2.24, 2.45) is 10.7 Å². The summed E-state index contributed by atoms with van der Waals surface area (Å²) in [6, 6.07) is 24.6. The van der Waals surface area contributed by atoms with Crippen LogP contribution in [0.15, 0.2) is 107 Å². The van der Waals surface area contributed by atoms with E-state index >= 15 is 0 Å². The SMILES string of the molecule is CC1(C)c2ccccc2-c2c(-c3ccc(C(/C=C(\N)C4=CCCCC4)=NCC4=CCCCC4)cc3)cccc21. The maximum Gasteiger partial charge on any atom is 0.0671 e. The van der Waals surface area contributed by atoms with E-state index in [-0.39, 0.29) is 5.41 Å². The van der Waals surface area contributed by atoms with Gasteiger partial charge in [0.1, 0.15) is 0 Å². The number of hydrogen-bond donors (Lipinski definition) is 1. The van der Waals surface area contributed by atoms with E-state index in [2.05, 4.69) is 98.8 Å². The Kier molecular flexibility index (Phi) is 7.12. The zero-order valence-corrected chi connectivity index (χ0v) is 23.5. The van der Waals surface area contributed by atoms with E-state index in [1.54, 1.807) is 0 Å². The van der Waals surface area contributed by atoms with E-state index in [4.69, 9.17) is 10.7 Å². The van der Waals surface area contributed by atoms with E-state index < -0.39 is 0 Å². The lowest BCUT2D eigenvalue weighted by Gasteiger charge is -2.21. The summed E-state index contributed by atoms with van der Waals surface area (Å²) in [4.78, 5) is 5.13. The molecular formula is C37H40N2. The van der Waals surface area contributed by atoms with Gasteiger partial charge in [-0.25, -0.2) is 0 Å². The second-order valence-corrected chi connectivity index (χ2v) is 11.9. The summed E-state index contributed by atoms with van der Waals surface area (Å²) in [5.74, 6) is 0. The van der Waals surface area contributed by atoms with Gasteiger partial charge in [0.2, 0.25) is 0 Å². The molecule has 0 aliphatic heterocycles. The summed E-state index contributed by atoms with van der Waals surface area (Å²) in [6.07, 6.45) is 16.4. The van der Waals surface area contributed by atoms with Crippen LogP contribution in [0, 0.1) is 0 Å². The van der Waals surface area contributed by atoms with E-state index in [1.807, 2.05) is 0 Å². The van der Waals surface area contributed by atoms with Crippen LogP contribution in [0.4, 0.5) is 0 Å². The predicted molar refractivity (Wildman–Crippen MR) is 166 cm³/mol. The maximum absolute atomic E-state index is 6.65. The Morgan fingerprint density at radius 1 is 0.795 bits per heavy atom. The molecule has 0 aromatic heterocycles. The topological polar surface area (TPSA) is 38.4 Å². The second kappa shape index (κ2) is 10.8. The fourth-order valence-corrected chi connectivity index (χ4v) is 6.61. The highest BCUT2D eigenvalue weighted by molar-refractivity contribution is 6.09. The van der Waals surface area contributed by atoms with Gasteiger partial charge in [-0.05, 0) is 102 Å². The van der Waals surface area contributed by atoms with Gasteiger partial charge in [-0.2, -0.15) is 0 Å². The Labute approximate surface area is 234 Å². The van der Waals surface area contributed by atoms with Crippen LogP contribution in [0.3, 0.4) is 0 Å². The Morgan fingerprint density at radius 3 is 2.26 bits per heavy atom. The monoisotopic (exact) mass is 512 g/mol. The minimum Gasteiger partial charge on any atom is -0.398 e. The molecule has 0 atom stereocenters. The summed E-state index contributed by atoms with van der Waals surface area (Å²) in [5.41, 5.74) is 20.5. The van der Waals surface area contributed by atoms with Crippen LogP contribution in [0.2, 0.25) is 0 Å². The highest BCUT2D eigenvalue weighted by atomic mass is 14.7. The summed E-state index contributed by atoms with van der Waals surface area (Å²) in [7, 11) is 0. The maximum atomic E-state index is 6.65. The molecule has 0 spiro atoms. The van der Waals surface area contributed by atoms with Gasteiger partial charge in [0, 0.05) is 11.1 Å². The highest BCUT2D eigenvalue weighted by Gasteiger charge is 2.36. The van der Waals surface area contributed by atoms with Crippen molar-refractivity contribution in [2.75, 3.05) is 6.54 Å². The van der Waals surface area contributed by atoms with Gasteiger partial charge in [0.05, 0.1) is 12.3 Å². The summed E-state index contributed by atoms with van der Waals surface area (Å²) >= 11 is 0. The minimum absolute atomic E-state index is 0.00559. The standard InChI is InChI=1S/C37H40N2/c1-37(2)32-18-10-9-16-31(32)36-30(17-11-19-33(36)37)27-20-22-29(23-21-27)35(39-25-26-12-5-3-6-13-26)24-34(38)28-14-7-4-8-15-28/h9-12,14,16-24H,3-8,13,15,25,38H2,1-2H3/b34-24-,39-35?. The molecule has 2 N–H and O–H groups in total. The summed E-state index contributed by atoms with van der Waals surface area (Å²) in [5, 5.41) is 0. The van der Waals surface area contributed by atoms with E-state index in [9.17, 15) is 0 Å². The van der Waals surface area contributed by atoms with Crippen molar-refractivity contribution < 1.29 is 0 Å². The van der Waals surface area contributed by atoms with Gasteiger partial charge in [-0.3, -0.25) is 4.99 Å². The third-order valence-electron chi connectivity index (χ3n) is 8.89. The highest BCUT2D eigenvalue weighted by Crippen LogP contribution is 2.51. The number of fused-ring (bicyclic) bond motifs is 3. The first-order chi connectivity index (χ1) is 19.0. The lowest BCUT2D eigenvalue weighted by molar-refractivity contribution is 0.660. The lowest BCUT2D eigenvalue weighted by atomic mass is 9.82. The molecule has 3 aliphatic carbocycles. The second-order valence-electron chi connectivity index (χ2n) is 11.9. The fraction of sp³-hybridized carbons (Fsp3) is 0.324. The van der Waals surface area contributed by atoms with Crippen LogP contribution >= 0.6 is 0 Å². The molecule has 0 unspecified atom stereocenters. The molecule has 198 valence electrons. The number of nitrogens with two attached hydrogens (primary N) is 1. The largest absolute Gasteiger partial charge is 0.398 e. The average molecular weight is 513 g/mol. The first-order valence-corrected chi connectivity index (χ1v) is 14.8. The van der Waals surface area contributed by atoms with Crippen LogP contribution in [0.25, 0.3) is 22.3 Å². The number of rotatable bonds is 6. The quantitative estimate of drug-likeness (QED) is 0.259. The van der Waals surface area contributed by atoms with Crippen molar-refractivity contribution in [1.82, 2.24) is 0 Å². The van der Waals surface area contributed by atoms with Gasteiger partial charge in [-0.1, -0.05) is 98.3 Å². The Morgan fingerprint density at radius 2 is 1.51 bits per heavy atom. The lowest BCUT2D eigenvalue weighted by Crippen LogP contribution is -2.14. The molecule has 3 aromatic rings. The first-order valence-electron chi connectivity index (χ1n) is 14.8. The molecule has 2 heteroatoms. The molecule has 6 rings (SSSR count). The molecule has 39 heavy (non-hydrogen) atoms. The van der Waals surface area contributed by atoms with Crippen molar-refractivity contribution in [1.29, 1.82) is 0 Å². The molecular weight excluding hydrogens is 472 g/mol. The van der Waals surface area contributed by atoms with Crippen LogP contribution in [-0.4, -0.2) is 12.3 Å². The van der Waals surface area contributed by atoms with Gasteiger partial charge in [-0.15, -0.1) is 0 Å². The Balaban J connectivity index is 1.37. The molecule has 0 amide bonds. The van der Waals surface area contributed by atoms with E-state index in [0.29, 0.717) is 0 Å². The fourth-order valence-electron chi connectivity index (χ4n) is 6.61. The molecule has 2 nitrogen and oxygen atoms in total. The number of aliphatic imine (C=N–C) groups is 1. The van der Waals surface area contributed by atoms with Crippen molar-refractivity contribution in [3.8, 4) is 22.3 Å². The molecule has 0 radical (unpaired) electrons. The first kappa shape index (κ1) is 25.6. The van der Waals surface area contributed by atoms with Crippen LogP contribution in [0.5, 0.6) is 0 Å². The molecule has 0 saturated carbocycles. The smallest absolute Gasteiger partial charge is 0.0671 e. The number of nitrogens with zero attached hydrogens (tertiary/aromatic N) is 1. The van der Waals surface area contributed by atoms with Gasteiger partial charge in [0.25, 0.3) is 0 Å². The van der Waals surface area contributed by atoms with Crippen molar-refractivity contribution in [2.45, 2.75) is 70.6 Å². The van der Waals surface area contributed by atoms with Crippen LogP contribution in [-0.2, 0) is 5.41 Å². The van der Waals surface area contributed by atoms with Crippen LogP contribution < -0.4 is 5.73 Å². The number of benzene rings is 3. The molecule has 3 aliphatic rings. The van der Waals surface area contributed by atoms with Crippen LogP contribution in [0.1, 0.15) is 81.9 Å². The van der Waals surface area contributed by atoms with Crippen molar-refractivity contribution in [3.05, 3.63) is 118 Å². The zero-order valence-electron chi connectivity index (χ0n) is 23.5. The molecule has 0 saturated heterocycles. The number of hydrogen-bond acceptors (Lipinski definition) is 2. The molecule has 0 fully saturated rings. The minimum atomic E-state index is 0.00559. The summed E-state index contributed by atoms with van der Waals surface area (Å²) < 4.78 is 0. The van der Waals surface area contributed by atoms with Gasteiger partial charge >= 0.3 is 0 Å². The average Bonchev–Trinajstić information content (AvgIpc) is 3.23. The Bertz CT molecular complexity index is 1490. The Hall–Kier alpha value is -3.65. The predicted octanol–water partition coefficient (Wildman–Crippen LogP) is 9.29. The van der Waals surface area contributed by atoms with E-state index in [1.165, 1.54) is 76.6 Å². The van der Waals surface area contributed by atoms with Gasteiger partial charge in [0.15, 0.2) is 0 Å². The third kappa shape index (κ3) is 5.05. The zero-order chi connectivity index (χ0) is 26.8. The third-order valence-corrected chi connectivity index (χ3v) is 8.89. The summed E-state index contributed by atoms with van der Waals surface area (Å²) in [6.45, 7) is 5.44. The molecule has 3 aromatic carbocycles.